The largest absolute Gasteiger partial charge is 0.253 e. The molecule has 0 aliphatic heterocycles. The van der Waals surface area contributed by atoms with E-state index in [1.165, 1.54) is 25.7 Å². The van der Waals surface area contributed by atoms with Crippen molar-refractivity contribution in [1.29, 1.82) is 0 Å². The predicted octanol–water partition coefficient (Wildman–Crippen LogP) is 1.47. The van der Waals surface area contributed by atoms with Crippen molar-refractivity contribution in [2.24, 2.45) is 5.92 Å². The minimum absolute atomic E-state index is 0.858. The highest BCUT2D eigenvalue weighted by Gasteiger charge is 2.15. The van der Waals surface area contributed by atoms with Crippen LogP contribution in [0.1, 0.15) is 25.7 Å². The van der Waals surface area contributed by atoms with E-state index in [0.29, 0.717) is 0 Å². The van der Waals surface area contributed by atoms with Gasteiger partial charge in [0, 0.05) is 6.54 Å². The fourth-order valence-corrected chi connectivity index (χ4v) is 1.78. The van der Waals surface area contributed by atoms with Crippen LogP contribution in [0.2, 0.25) is 0 Å². The molecule has 1 saturated carbocycles. The highest BCUT2D eigenvalue weighted by atomic mass is 15.3. The minimum atomic E-state index is 0.858. The topological polar surface area (TPSA) is 30.7 Å². The van der Waals surface area contributed by atoms with Gasteiger partial charge in [0.1, 0.15) is 12.7 Å². The van der Waals surface area contributed by atoms with Gasteiger partial charge in [-0.2, -0.15) is 5.10 Å². The highest BCUT2D eigenvalue weighted by molar-refractivity contribution is 4.68. The van der Waals surface area contributed by atoms with Crippen LogP contribution in [0.15, 0.2) is 12.7 Å². The first-order valence-electron chi connectivity index (χ1n) is 4.27. The molecule has 1 aliphatic carbocycles. The molecule has 0 radical (unpaired) electrons. The molecule has 1 aliphatic rings. The summed E-state index contributed by atoms with van der Waals surface area (Å²) in [7, 11) is 0. The van der Waals surface area contributed by atoms with Crippen molar-refractivity contribution in [3.63, 3.8) is 0 Å². The van der Waals surface area contributed by atoms with Crippen LogP contribution in [0.4, 0.5) is 0 Å². The zero-order valence-electron chi connectivity index (χ0n) is 6.61. The number of aromatic nitrogens is 3. The Balaban J connectivity index is 1.90. The molecule has 1 aromatic heterocycles. The van der Waals surface area contributed by atoms with Gasteiger partial charge in [0.25, 0.3) is 0 Å². The average Bonchev–Trinajstić information content (AvgIpc) is 2.60. The third-order valence-corrected chi connectivity index (χ3v) is 2.39. The minimum Gasteiger partial charge on any atom is -0.253 e. The Labute approximate surface area is 66.4 Å². The van der Waals surface area contributed by atoms with E-state index in [4.69, 9.17) is 0 Å². The van der Waals surface area contributed by atoms with Crippen molar-refractivity contribution in [2.45, 2.75) is 32.2 Å². The zero-order valence-corrected chi connectivity index (χ0v) is 6.61. The summed E-state index contributed by atoms with van der Waals surface area (Å²) >= 11 is 0. The van der Waals surface area contributed by atoms with Crippen molar-refractivity contribution >= 4 is 0 Å². The molecule has 1 fully saturated rings. The Morgan fingerprint density at radius 2 is 2.18 bits per heavy atom. The lowest BCUT2D eigenvalue weighted by molar-refractivity contribution is 0.428. The number of hydrogen-bond acceptors (Lipinski definition) is 2. The Bertz CT molecular complexity index is 199. The molecule has 3 nitrogen and oxygen atoms in total. The van der Waals surface area contributed by atoms with E-state index in [0.717, 1.165) is 12.5 Å². The molecule has 1 aromatic rings. The smallest absolute Gasteiger partial charge is 0.137 e. The molecule has 2 rings (SSSR count). The van der Waals surface area contributed by atoms with E-state index < -0.39 is 0 Å². The van der Waals surface area contributed by atoms with Crippen molar-refractivity contribution in [3.8, 4) is 0 Å². The molecule has 0 bridgehead atoms. The van der Waals surface area contributed by atoms with Crippen molar-refractivity contribution in [1.82, 2.24) is 14.8 Å². The van der Waals surface area contributed by atoms with Gasteiger partial charge in [0.05, 0.1) is 0 Å². The molecule has 0 amide bonds. The van der Waals surface area contributed by atoms with Gasteiger partial charge in [-0.15, -0.1) is 0 Å². The summed E-state index contributed by atoms with van der Waals surface area (Å²) in [6, 6.07) is 0. The van der Waals surface area contributed by atoms with E-state index in [1.54, 1.807) is 12.7 Å². The molecule has 3 heteroatoms. The third kappa shape index (κ3) is 1.59. The lowest BCUT2D eigenvalue weighted by Crippen LogP contribution is -2.07. The molecule has 0 spiro atoms. The predicted molar refractivity (Wildman–Crippen MR) is 42.0 cm³/mol. The molecule has 0 aromatic carbocycles. The van der Waals surface area contributed by atoms with Gasteiger partial charge in [-0.1, -0.05) is 12.8 Å². The maximum atomic E-state index is 4.09. The first kappa shape index (κ1) is 6.83. The molecule has 0 unspecified atom stereocenters. The summed E-state index contributed by atoms with van der Waals surface area (Å²) in [6.07, 6.45) is 8.96. The summed E-state index contributed by atoms with van der Waals surface area (Å²) in [5.74, 6) is 0.858. The van der Waals surface area contributed by atoms with Gasteiger partial charge >= 0.3 is 0 Å². The van der Waals surface area contributed by atoms with E-state index in [2.05, 4.69) is 10.1 Å². The Morgan fingerprint density at radius 1 is 1.36 bits per heavy atom. The van der Waals surface area contributed by atoms with Gasteiger partial charge in [-0.05, 0) is 18.8 Å². The molecule has 0 saturated heterocycles. The van der Waals surface area contributed by atoms with Crippen LogP contribution in [0, 0.1) is 5.92 Å². The Hall–Kier alpha value is -0.860. The SMILES string of the molecule is c1ncn(CC2CCCC2)n1. The van der Waals surface area contributed by atoms with Crippen LogP contribution in [0.5, 0.6) is 0 Å². The van der Waals surface area contributed by atoms with E-state index in [-0.39, 0.29) is 0 Å². The fraction of sp³-hybridized carbons (Fsp3) is 0.750. The van der Waals surface area contributed by atoms with Crippen LogP contribution in [-0.4, -0.2) is 14.8 Å². The fourth-order valence-electron chi connectivity index (χ4n) is 1.78. The first-order valence-corrected chi connectivity index (χ1v) is 4.27. The molecule has 60 valence electrons. The van der Waals surface area contributed by atoms with Gasteiger partial charge in [0.15, 0.2) is 0 Å². The second kappa shape index (κ2) is 3.03. The van der Waals surface area contributed by atoms with Crippen molar-refractivity contribution in [2.75, 3.05) is 0 Å². The summed E-state index contributed by atoms with van der Waals surface area (Å²) in [5.41, 5.74) is 0. The van der Waals surface area contributed by atoms with Crippen LogP contribution in [0.25, 0.3) is 0 Å². The molecule has 1 heterocycles. The quantitative estimate of drug-likeness (QED) is 0.640. The molecule has 0 N–H and O–H groups in total. The summed E-state index contributed by atoms with van der Waals surface area (Å²) < 4.78 is 1.94. The normalized spacial score (nSPS) is 19.3. The van der Waals surface area contributed by atoms with E-state index in [1.807, 2.05) is 4.68 Å². The first-order chi connectivity index (χ1) is 5.45. The van der Waals surface area contributed by atoms with E-state index in [9.17, 15) is 0 Å². The van der Waals surface area contributed by atoms with Crippen LogP contribution >= 0.6 is 0 Å². The average molecular weight is 151 g/mol. The monoisotopic (exact) mass is 151 g/mol. The molecule has 11 heavy (non-hydrogen) atoms. The lowest BCUT2D eigenvalue weighted by Gasteiger charge is -2.06. The zero-order chi connectivity index (χ0) is 7.52. The Morgan fingerprint density at radius 3 is 2.82 bits per heavy atom. The summed E-state index contributed by atoms with van der Waals surface area (Å²) in [4.78, 5) is 3.92. The second-order valence-electron chi connectivity index (χ2n) is 3.27. The maximum Gasteiger partial charge on any atom is 0.137 e. The lowest BCUT2D eigenvalue weighted by atomic mass is 10.1. The summed E-state index contributed by atoms with van der Waals surface area (Å²) in [5, 5.41) is 4.09. The highest BCUT2D eigenvalue weighted by Crippen LogP contribution is 2.25. The summed E-state index contributed by atoms with van der Waals surface area (Å²) in [6.45, 7) is 1.07. The number of rotatable bonds is 2. The maximum absolute atomic E-state index is 4.09. The van der Waals surface area contributed by atoms with Gasteiger partial charge < -0.3 is 0 Å². The van der Waals surface area contributed by atoms with Crippen LogP contribution in [0.3, 0.4) is 0 Å². The molecule has 0 atom stereocenters. The van der Waals surface area contributed by atoms with E-state index >= 15 is 0 Å². The van der Waals surface area contributed by atoms with Crippen molar-refractivity contribution < 1.29 is 0 Å². The van der Waals surface area contributed by atoms with Crippen LogP contribution in [-0.2, 0) is 6.54 Å². The van der Waals surface area contributed by atoms with Crippen LogP contribution < -0.4 is 0 Å². The van der Waals surface area contributed by atoms with Gasteiger partial charge in [0.2, 0.25) is 0 Å². The van der Waals surface area contributed by atoms with Gasteiger partial charge in [-0.25, -0.2) is 4.98 Å². The third-order valence-electron chi connectivity index (χ3n) is 2.39. The number of nitrogens with zero attached hydrogens (tertiary/aromatic N) is 3. The Kier molecular flexibility index (Phi) is 1.88. The standard InChI is InChI=1S/C8H13N3/c1-2-4-8(3-1)5-11-7-9-6-10-11/h6-8H,1-5H2. The number of hydrogen-bond donors (Lipinski definition) is 0. The second-order valence-corrected chi connectivity index (χ2v) is 3.27. The molecular weight excluding hydrogens is 138 g/mol. The molecular formula is C8H13N3. The van der Waals surface area contributed by atoms with Gasteiger partial charge in [-0.3, -0.25) is 4.68 Å². The van der Waals surface area contributed by atoms with Crippen molar-refractivity contribution in [3.05, 3.63) is 12.7 Å².